The molecule has 0 aliphatic heterocycles. The molecule has 0 aliphatic carbocycles. The zero-order valence-corrected chi connectivity index (χ0v) is 10.6. The molecule has 1 heterocycles. The van der Waals surface area contributed by atoms with Crippen molar-refractivity contribution in [3.05, 3.63) is 48.0 Å². The molecule has 96 valence electrons. The van der Waals surface area contributed by atoms with Crippen LogP contribution in [0.25, 0.3) is 0 Å². The molecule has 4 heteroatoms. The lowest BCUT2D eigenvalue weighted by Gasteiger charge is -2.16. The first-order valence-corrected chi connectivity index (χ1v) is 6.30. The van der Waals surface area contributed by atoms with E-state index in [2.05, 4.69) is 22.2 Å². The molecule has 2 rings (SSSR count). The minimum absolute atomic E-state index is 0.185. The number of benzene rings is 1. The van der Waals surface area contributed by atoms with E-state index in [4.69, 9.17) is 0 Å². The summed E-state index contributed by atoms with van der Waals surface area (Å²) in [6.45, 7) is 3.11. The predicted molar refractivity (Wildman–Crippen MR) is 71.4 cm³/mol. The fourth-order valence-electron chi connectivity index (χ4n) is 1.92. The molecule has 18 heavy (non-hydrogen) atoms. The van der Waals surface area contributed by atoms with Crippen LogP contribution in [-0.4, -0.2) is 21.6 Å². The van der Waals surface area contributed by atoms with Crippen molar-refractivity contribution in [1.82, 2.24) is 15.3 Å². The van der Waals surface area contributed by atoms with Crippen molar-refractivity contribution in [1.29, 1.82) is 0 Å². The molecule has 1 aromatic carbocycles. The normalized spacial score (nSPS) is 12.5. The predicted octanol–water partition coefficient (Wildman–Crippen LogP) is 2.40. The number of aromatic amines is 1. The summed E-state index contributed by atoms with van der Waals surface area (Å²) >= 11 is 0. The highest BCUT2D eigenvalue weighted by atomic mass is 16.3. The van der Waals surface area contributed by atoms with Gasteiger partial charge in [-0.3, -0.25) is 0 Å². The number of hydrogen-bond acceptors (Lipinski definition) is 3. The van der Waals surface area contributed by atoms with Crippen LogP contribution in [0.3, 0.4) is 0 Å². The van der Waals surface area contributed by atoms with Crippen LogP contribution in [0.1, 0.15) is 30.8 Å². The van der Waals surface area contributed by atoms with Crippen molar-refractivity contribution in [3.8, 4) is 5.75 Å². The summed E-state index contributed by atoms with van der Waals surface area (Å²) in [5.74, 6) is 1.26. The van der Waals surface area contributed by atoms with Crippen LogP contribution in [0.2, 0.25) is 0 Å². The second-order valence-corrected chi connectivity index (χ2v) is 4.35. The van der Waals surface area contributed by atoms with Gasteiger partial charge in [-0.2, -0.15) is 0 Å². The Morgan fingerprint density at radius 2 is 2.11 bits per heavy atom. The fourth-order valence-corrected chi connectivity index (χ4v) is 1.92. The van der Waals surface area contributed by atoms with Crippen LogP contribution in [0.5, 0.6) is 5.75 Å². The third-order valence-electron chi connectivity index (χ3n) is 2.87. The van der Waals surface area contributed by atoms with E-state index in [0.29, 0.717) is 5.75 Å². The number of aromatic hydroxyl groups is 1. The van der Waals surface area contributed by atoms with Crippen LogP contribution in [-0.2, 0) is 6.42 Å². The highest BCUT2D eigenvalue weighted by Gasteiger charge is 2.13. The van der Waals surface area contributed by atoms with Gasteiger partial charge in [0.25, 0.3) is 0 Å². The van der Waals surface area contributed by atoms with Crippen LogP contribution < -0.4 is 5.32 Å². The Kier molecular flexibility index (Phi) is 4.36. The van der Waals surface area contributed by atoms with Gasteiger partial charge in [-0.25, -0.2) is 4.98 Å². The standard InChI is InChI=1S/C14H19N3O/c1-2-7-15-13(14-16-8-9-17-14)10-11-3-5-12(18)6-4-11/h3-6,8-9,13,15,18H,2,7,10H2,1H3,(H,16,17). The minimum atomic E-state index is 0.185. The first-order chi connectivity index (χ1) is 8.79. The molecule has 0 amide bonds. The Morgan fingerprint density at radius 1 is 1.33 bits per heavy atom. The highest BCUT2D eigenvalue weighted by Crippen LogP contribution is 2.17. The number of phenolic OH excluding ortho intramolecular Hbond substituents is 1. The van der Waals surface area contributed by atoms with Crippen LogP contribution in [0.4, 0.5) is 0 Å². The Hall–Kier alpha value is -1.81. The lowest BCUT2D eigenvalue weighted by Crippen LogP contribution is -2.25. The van der Waals surface area contributed by atoms with Gasteiger partial charge in [0.2, 0.25) is 0 Å². The van der Waals surface area contributed by atoms with Crippen LogP contribution in [0.15, 0.2) is 36.7 Å². The molecule has 4 nitrogen and oxygen atoms in total. The summed E-state index contributed by atoms with van der Waals surface area (Å²) in [5, 5.41) is 12.8. The van der Waals surface area contributed by atoms with Crippen LogP contribution >= 0.6 is 0 Å². The molecule has 0 radical (unpaired) electrons. The van der Waals surface area contributed by atoms with E-state index in [1.54, 1.807) is 18.3 Å². The molecule has 1 atom stereocenters. The summed E-state index contributed by atoms with van der Waals surface area (Å²) in [5.41, 5.74) is 1.18. The van der Waals surface area contributed by atoms with E-state index >= 15 is 0 Å². The lowest BCUT2D eigenvalue weighted by atomic mass is 10.1. The summed E-state index contributed by atoms with van der Waals surface area (Å²) in [4.78, 5) is 7.47. The van der Waals surface area contributed by atoms with Gasteiger partial charge in [0, 0.05) is 12.4 Å². The maximum atomic E-state index is 9.28. The molecule has 0 fully saturated rings. The molecule has 0 bridgehead atoms. The third kappa shape index (κ3) is 3.34. The van der Waals surface area contributed by atoms with E-state index in [1.807, 2.05) is 18.3 Å². The topological polar surface area (TPSA) is 60.9 Å². The second-order valence-electron chi connectivity index (χ2n) is 4.35. The second kappa shape index (κ2) is 6.21. The average molecular weight is 245 g/mol. The quantitative estimate of drug-likeness (QED) is 0.732. The summed E-state index contributed by atoms with van der Waals surface area (Å²) in [6.07, 6.45) is 5.56. The molecule has 1 unspecified atom stereocenters. The van der Waals surface area contributed by atoms with Gasteiger partial charge in [0.05, 0.1) is 6.04 Å². The largest absolute Gasteiger partial charge is 0.508 e. The van der Waals surface area contributed by atoms with E-state index in [-0.39, 0.29) is 6.04 Å². The number of aromatic nitrogens is 2. The van der Waals surface area contributed by atoms with Gasteiger partial charge in [-0.05, 0) is 37.1 Å². The highest BCUT2D eigenvalue weighted by molar-refractivity contribution is 5.26. The summed E-state index contributed by atoms with van der Waals surface area (Å²) in [7, 11) is 0. The average Bonchev–Trinajstić information content (AvgIpc) is 2.90. The minimum Gasteiger partial charge on any atom is -0.508 e. The van der Waals surface area contributed by atoms with Gasteiger partial charge in [0.1, 0.15) is 11.6 Å². The maximum Gasteiger partial charge on any atom is 0.123 e. The maximum absolute atomic E-state index is 9.28. The Bertz CT molecular complexity index is 450. The Labute approximate surface area is 107 Å². The van der Waals surface area contributed by atoms with Crippen molar-refractivity contribution < 1.29 is 5.11 Å². The zero-order chi connectivity index (χ0) is 12.8. The van der Waals surface area contributed by atoms with E-state index in [9.17, 15) is 5.11 Å². The van der Waals surface area contributed by atoms with Crippen molar-refractivity contribution in [2.24, 2.45) is 0 Å². The number of nitrogens with one attached hydrogen (secondary N) is 2. The molecule has 2 aromatic rings. The van der Waals surface area contributed by atoms with Gasteiger partial charge in [0.15, 0.2) is 0 Å². The molecule has 0 spiro atoms. The summed E-state index contributed by atoms with van der Waals surface area (Å²) in [6, 6.07) is 7.50. The number of H-pyrrole nitrogens is 1. The molecule has 0 saturated heterocycles. The number of hydrogen-bond donors (Lipinski definition) is 3. The SMILES string of the molecule is CCCNC(Cc1ccc(O)cc1)c1ncc[nH]1. The monoisotopic (exact) mass is 245 g/mol. The van der Waals surface area contributed by atoms with Crippen molar-refractivity contribution in [2.45, 2.75) is 25.8 Å². The zero-order valence-electron chi connectivity index (χ0n) is 10.6. The van der Waals surface area contributed by atoms with Gasteiger partial charge >= 0.3 is 0 Å². The first-order valence-electron chi connectivity index (χ1n) is 6.30. The van der Waals surface area contributed by atoms with Gasteiger partial charge in [-0.15, -0.1) is 0 Å². The summed E-state index contributed by atoms with van der Waals surface area (Å²) < 4.78 is 0. The molecular weight excluding hydrogens is 226 g/mol. The van der Waals surface area contributed by atoms with Crippen LogP contribution in [0, 0.1) is 0 Å². The van der Waals surface area contributed by atoms with E-state index in [0.717, 1.165) is 25.2 Å². The molecule has 0 aliphatic rings. The lowest BCUT2D eigenvalue weighted by molar-refractivity contribution is 0.474. The number of phenols is 1. The van der Waals surface area contributed by atoms with Crippen molar-refractivity contribution in [3.63, 3.8) is 0 Å². The molecule has 1 aromatic heterocycles. The van der Waals surface area contributed by atoms with Gasteiger partial charge in [-0.1, -0.05) is 19.1 Å². The van der Waals surface area contributed by atoms with Gasteiger partial charge < -0.3 is 15.4 Å². The third-order valence-corrected chi connectivity index (χ3v) is 2.87. The number of imidazole rings is 1. The number of rotatable bonds is 6. The number of nitrogens with zero attached hydrogens (tertiary/aromatic N) is 1. The van der Waals surface area contributed by atoms with Crippen molar-refractivity contribution >= 4 is 0 Å². The first kappa shape index (κ1) is 12.6. The molecule has 0 saturated carbocycles. The molecule has 3 N–H and O–H groups in total. The van der Waals surface area contributed by atoms with E-state index in [1.165, 1.54) is 5.56 Å². The van der Waals surface area contributed by atoms with Crippen molar-refractivity contribution in [2.75, 3.05) is 6.54 Å². The molecular formula is C14H19N3O. The Balaban J connectivity index is 2.07. The van der Waals surface area contributed by atoms with E-state index < -0.39 is 0 Å². The smallest absolute Gasteiger partial charge is 0.123 e. The Morgan fingerprint density at radius 3 is 2.72 bits per heavy atom. The fraction of sp³-hybridized carbons (Fsp3) is 0.357.